The number of fused-ring (bicyclic) bond motifs is 1. The van der Waals surface area contributed by atoms with E-state index in [-0.39, 0.29) is 12.0 Å². The average Bonchev–Trinajstić information content (AvgIpc) is 3.12. The van der Waals surface area contributed by atoms with E-state index in [0.29, 0.717) is 24.8 Å². The number of carbonyl (C=O) groups excluding carboxylic acids is 1. The third-order valence-corrected chi connectivity index (χ3v) is 5.00. The van der Waals surface area contributed by atoms with E-state index in [0.717, 1.165) is 34.0 Å². The molecule has 0 spiro atoms. The summed E-state index contributed by atoms with van der Waals surface area (Å²) >= 11 is 3.30. The number of aromatic amines is 1. The highest BCUT2D eigenvalue weighted by Gasteiger charge is 2.27. The molecule has 1 fully saturated rings. The minimum atomic E-state index is -0.117. The lowest BCUT2D eigenvalue weighted by molar-refractivity contribution is 0.0511. The van der Waals surface area contributed by atoms with Crippen molar-refractivity contribution >= 4 is 32.7 Å². The molecule has 3 aromatic rings. The Kier molecular flexibility index (Phi) is 4.98. The largest absolute Gasteiger partial charge is 0.497 e. The third kappa shape index (κ3) is 3.90. The van der Waals surface area contributed by atoms with Gasteiger partial charge in [0.05, 0.1) is 18.1 Å². The van der Waals surface area contributed by atoms with Gasteiger partial charge in [-0.3, -0.25) is 4.79 Å². The number of hydrogen-bond acceptors (Lipinski definition) is 5. The molecule has 1 aromatic carbocycles. The molecule has 0 saturated carbocycles. The van der Waals surface area contributed by atoms with Crippen LogP contribution >= 0.6 is 15.9 Å². The molecule has 7 nitrogen and oxygen atoms in total. The number of H-pyrrole nitrogens is 1. The fourth-order valence-corrected chi connectivity index (χ4v) is 3.45. The number of methoxy groups -OCH3 is 1. The van der Waals surface area contributed by atoms with Crippen molar-refractivity contribution in [3.8, 4) is 11.8 Å². The minimum absolute atomic E-state index is 0.0322. The maximum absolute atomic E-state index is 12.9. The molecule has 3 heterocycles. The molecular formula is C19H19BrN4O3. The summed E-state index contributed by atoms with van der Waals surface area (Å²) in [4.78, 5) is 26.2. The van der Waals surface area contributed by atoms with Gasteiger partial charge in [-0.05, 0) is 47.0 Å². The standard InChI is InChI=1S/C19H19BrN4O3/c1-26-14-5-4-12-7-17(23-16(12)8-14)18(25)24-6-2-3-15(11-24)27-19-21-9-13(20)10-22-19/h4-5,7-10,15,23H,2-3,6,11H2,1H3. The highest BCUT2D eigenvalue weighted by molar-refractivity contribution is 9.10. The number of hydrogen-bond donors (Lipinski definition) is 1. The molecule has 1 aliphatic heterocycles. The molecule has 140 valence electrons. The Bertz CT molecular complexity index is 957. The van der Waals surface area contributed by atoms with Crippen molar-refractivity contribution in [3.05, 3.63) is 46.8 Å². The van der Waals surface area contributed by atoms with E-state index in [1.54, 1.807) is 19.5 Å². The fourth-order valence-electron chi connectivity index (χ4n) is 3.25. The topological polar surface area (TPSA) is 80.3 Å². The van der Waals surface area contributed by atoms with E-state index in [9.17, 15) is 4.79 Å². The number of piperidine rings is 1. The summed E-state index contributed by atoms with van der Waals surface area (Å²) in [5.74, 6) is 0.722. The van der Waals surface area contributed by atoms with Crippen molar-refractivity contribution in [2.75, 3.05) is 20.2 Å². The number of nitrogens with one attached hydrogen (secondary N) is 1. The van der Waals surface area contributed by atoms with Gasteiger partial charge in [-0.2, -0.15) is 0 Å². The van der Waals surface area contributed by atoms with Gasteiger partial charge in [0.15, 0.2) is 0 Å². The summed E-state index contributed by atoms with van der Waals surface area (Å²) in [6.07, 6.45) is 4.92. The molecule has 1 saturated heterocycles. The van der Waals surface area contributed by atoms with Gasteiger partial charge in [0.1, 0.15) is 17.5 Å². The average molecular weight is 431 g/mol. The van der Waals surface area contributed by atoms with Crippen LogP contribution in [0.25, 0.3) is 10.9 Å². The van der Waals surface area contributed by atoms with E-state index in [1.165, 1.54) is 0 Å². The van der Waals surface area contributed by atoms with Crippen LogP contribution in [0.3, 0.4) is 0 Å². The molecule has 8 heteroatoms. The second kappa shape index (κ2) is 7.56. The quantitative estimate of drug-likeness (QED) is 0.685. The lowest BCUT2D eigenvalue weighted by Crippen LogP contribution is -2.44. The zero-order valence-electron chi connectivity index (χ0n) is 14.8. The maximum atomic E-state index is 12.9. The van der Waals surface area contributed by atoms with Gasteiger partial charge in [-0.1, -0.05) is 0 Å². The summed E-state index contributed by atoms with van der Waals surface area (Å²) < 4.78 is 11.9. The van der Waals surface area contributed by atoms with Gasteiger partial charge in [0.25, 0.3) is 5.91 Å². The van der Waals surface area contributed by atoms with Crippen LogP contribution in [0, 0.1) is 0 Å². The molecule has 27 heavy (non-hydrogen) atoms. The number of benzene rings is 1. The van der Waals surface area contributed by atoms with Crippen molar-refractivity contribution in [2.45, 2.75) is 18.9 Å². The summed E-state index contributed by atoms with van der Waals surface area (Å²) in [5, 5.41) is 0.979. The van der Waals surface area contributed by atoms with Crippen LogP contribution in [0.15, 0.2) is 41.1 Å². The normalized spacial score (nSPS) is 17.1. The first kappa shape index (κ1) is 17.8. The number of rotatable bonds is 4. The predicted octanol–water partition coefficient (Wildman–Crippen LogP) is 3.41. The highest BCUT2D eigenvalue weighted by atomic mass is 79.9. The third-order valence-electron chi connectivity index (χ3n) is 4.59. The smallest absolute Gasteiger partial charge is 0.316 e. The first-order valence-corrected chi connectivity index (χ1v) is 9.52. The molecule has 0 aliphatic carbocycles. The molecule has 4 rings (SSSR count). The molecule has 1 aliphatic rings. The number of aromatic nitrogens is 3. The molecular weight excluding hydrogens is 412 g/mol. The number of ether oxygens (including phenoxy) is 2. The summed E-state index contributed by atoms with van der Waals surface area (Å²) in [7, 11) is 1.62. The van der Waals surface area contributed by atoms with Gasteiger partial charge in [-0.15, -0.1) is 0 Å². The first-order valence-electron chi connectivity index (χ1n) is 8.72. The molecule has 0 bridgehead atoms. The van der Waals surface area contributed by atoms with Crippen molar-refractivity contribution in [2.24, 2.45) is 0 Å². The summed E-state index contributed by atoms with van der Waals surface area (Å²) in [6.45, 7) is 1.22. The Morgan fingerprint density at radius 1 is 1.30 bits per heavy atom. The van der Waals surface area contributed by atoms with Gasteiger partial charge >= 0.3 is 6.01 Å². The van der Waals surface area contributed by atoms with E-state index in [2.05, 4.69) is 30.9 Å². The van der Waals surface area contributed by atoms with Gasteiger partial charge in [-0.25, -0.2) is 9.97 Å². The Hall–Kier alpha value is -2.61. The molecule has 1 atom stereocenters. The summed E-state index contributed by atoms with van der Waals surface area (Å²) in [6, 6.07) is 7.91. The highest BCUT2D eigenvalue weighted by Crippen LogP contribution is 2.23. The monoisotopic (exact) mass is 430 g/mol. The number of halogens is 1. The zero-order valence-corrected chi connectivity index (χ0v) is 16.4. The first-order chi connectivity index (χ1) is 13.1. The lowest BCUT2D eigenvalue weighted by atomic mass is 10.1. The lowest BCUT2D eigenvalue weighted by Gasteiger charge is -2.32. The van der Waals surface area contributed by atoms with Crippen LogP contribution in [-0.4, -0.2) is 52.1 Å². The van der Waals surface area contributed by atoms with Gasteiger partial charge in [0.2, 0.25) is 0 Å². The van der Waals surface area contributed by atoms with Crippen LogP contribution in [0.2, 0.25) is 0 Å². The van der Waals surface area contributed by atoms with Crippen LogP contribution in [0.5, 0.6) is 11.8 Å². The van der Waals surface area contributed by atoms with E-state index in [4.69, 9.17) is 9.47 Å². The summed E-state index contributed by atoms with van der Waals surface area (Å²) in [5.41, 5.74) is 1.45. The Morgan fingerprint density at radius 2 is 2.11 bits per heavy atom. The van der Waals surface area contributed by atoms with Crippen LogP contribution in [-0.2, 0) is 0 Å². The van der Waals surface area contributed by atoms with Crippen molar-refractivity contribution in [1.29, 1.82) is 0 Å². The van der Waals surface area contributed by atoms with Crippen molar-refractivity contribution in [1.82, 2.24) is 19.9 Å². The van der Waals surface area contributed by atoms with Gasteiger partial charge < -0.3 is 19.4 Å². The van der Waals surface area contributed by atoms with Crippen LogP contribution in [0.4, 0.5) is 0 Å². The van der Waals surface area contributed by atoms with Crippen molar-refractivity contribution < 1.29 is 14.3 Å². The number of amides is 1. The second-order valence-corrected chi connectivity index (χ2v) is 7.37. The Labute approximate surface area is 164 Å². The number of likely N-dealkylation sites (tertiary alicyclic amines) is 1. The van der Waals surface area contributed by atoms with E-state index >= 15 is 0 Å². The van der Waals surface area contributed by atoms with E-state index in [1.807, 2.05) is 29.2 Å². The molecule has 2 aromatic heterocycles. The van der Waals surface area contributed by atoms with E-state index < -0.39 is 0 Å². The molecule has 1 unspecified atom stereocenters. The number of carbonyl (C=O) groups is 1. The predicted molar refractivity (Wildman–Crippen MR) is 104 cm³/mol. The Morgan fingerprint density at radius 3 is 2.89 bits per heavy atom. The molecule has 0 radical (unpaired) electrons. The second-order valence-electron chi connectivity index (χ2n) is 6.45. The molecule has 1 amide bonds. The van der Waals surface area contributed by atoms with Crippen LogP contribution in [0.1, 0.15) is 23.3 Å². The number of nitrogens with zero attached hydrogens (tertiary/aromatic N) is 3. The zero-order chi connectivity index (χ0) is 18.8. The van der Waals surface area contributed by atoms with Gasteiger partial charge in [0, 0.05) is 35.9 Å². The fraction of sp³-hybridized carbons (Fsp3) is 0.316. The molecule has 1 N–H and O–H groups in total. The minimum Gasteiger partial charge on any atom is -0.497 e. The van der Waals surface area contributed by atoms with Crippen molar-refractivity contribution in [3.63, 3.8) is 0 Å². The maximum Gasteiger partial charge on any atom is 0.316 e. The Balaban J connectivity index is 1.47. The SMILES string of the molecule is COc1ccc2cc(C(=O)N3CCCC(Oc4ncc(Br)cn4)C3)[nH]c2c1. The van der Waals surface area contributed by atoms with Crippen LogP contribution < -0.4 is 9.47 Å².